The van der Waals surface area contributed by atoms with Crippen LogP contribution in [0.5, 0.6) is 0 Å². The van der Waals surface area contributed by atoms with Crippen molar-refractivity contribution < 1.29 is 0 Å². The summed E-state index contributed by atoms with van der Waals surface area (Å²) < 4.78 is 1.21. The minimum atomic E-state index is 0.977. The number of hydrogen-bond donors (Lipinski definition) is 0. The summed E-state index contributed by atoms with van der Waals surface area (Å²) in [5, 5.41) is 0.977. The second-order valence-corrected chi connectivity index (χ2v) is 4.87. The van der Waals surface area contributed by atoms with Crippen LogP contribution in [0.2, 0.25) is 0 Å². The molecule has 1 heterocycles. The van der Waals surface area contributed by atoms with Gasteiger partial charge >= 0.3 is 0 Å². The highest BCUT2D eigenvalue weighted by Gasteiger charge is 2.03. The van der Waals surface area contributed by atoms with Crippen molar-refractivity contribution in [3.63, 3.8) is 0 Å². The van der Waals surface area contributed by atoms with Crippen LogP contribution in [-0.4, -0.2) is 4.98 Å². The number of hydrogen-bond acceptors (Lipinski definition) is 2. The van der Waals surface area contributed by atoms with E-state index in [0.717, 1.165) is 10.5 Å². The minimum Gasteiger partial charge on any atom is -0.237 e. The van der Waals surface area contributed by atoms with Crippen molar-refractivity contribution in [2.24, 2.45) is 0 Å². The number of thiazole rings is 1. The molecule has 0 amide bonds. The molecule has 3 rings (SSSR count). The van der Waals surface area contributed by atoms with Gasteiger partial charge in [-0.25, -0.2) is 4.98 Å². The summed E-state index contributed by atoms with van der Waals surface area (Å²) in [4.78, 5) is 4.52. The Morgan fingerprint density at radius 3 is 2.59 bits per heavy atom. The zero-order chi connectivity index (χ0) is 11.7. The van der Waals surface area contributed by atoms with E-state index in [0.29, 0.717) is 0 Å². The van der Waals surface area contributed by atoms with E-state index in [1.807, 2.05) is 6.07 Å². The lowest BCUT2D eigenvalue weighted by Gasteiger charge is -2.00. The molecule has 1 aromatic heterocycles. The molecule has 0 aliphatic carbocycles. The van der Waals surface area contributed by atoms with Crippen LogP contribution in [0.15, 0.2) is 55.1 Å². The van der Waals surface area contributed by atoms with E-state index in [4.69, 9.17) is 0 Å². The van der Waals surface area contributed by atoms with Crippen molar-refractivity contribution in [2.45, 2.75) is 0 Å². The molecule has 0 aliphatic rings. The fraction of sp³-hybridized carbons (Fsp3) is 0. The Kier molecular flexibility index (Phi) is 2.50. The van der Waals surface area contributed by atoms with Crippen LogP contribution in [0, 0.1) is 0 Å². The number of fused-ring (bicyclic) bond motifs is 1. The van der Waals surface area contributed by atoms with Crippen molar-refractivity contribution in [3.05, 3.63) is 60.1 Å². The molecule has 0 saturated carbocycles. The van der Waals surface area contributed by atoms with E-state index in [9.17, 15) is 0 Å². The Balaban J connectivity index is 2.16. The highest BCUT2D eigenvalue weighted by Crippen LogP contribution is 2.28. The molecule has 0 radical (unpaired) electrons. The molecule has 2 heteroatoms. The predicted octanol–water partition coefficient (Wildman–Crippen LogP) is 4.61. The topological polar surface area (TPSA) is 12.9 Å². The Bertz CT molecular complexity index is 668. The highest BCUT2D eigenvalue weighted by molar-refractivity contribution is 7.19. The minimum absolute atomic E-state index is 0.977. The molecule has 0 unspecified atom stereocenters. The second kappa shape index (κ2) is 4.15. The first-order valence-corrected chi connectivity index (χ1v) is 6.27. The Hall–Kier alpha value is -1.93. The first-order chi connectivity index (χ1) is 8.36. The third-order valence-corrected chi connectivity index (χ3v) is 3.72. The summed E-state index contributed by atoms with van der Waals surface area (Å²) >= 11 is 1.67. The van der Waals surface area contributed by atoms with E-state index in [-0.39, 0.29) is 0 Å². The molecule has 0 spiro atoms. The van der Waals surface area contributed by atoms with Gasteiger partial charge in [0.15, 0.2) is 0 Å². The van der Waals surface area contributed by atoms with Crippen LogP contribution in [0.4, 0.5) is 0 Å². The molecule has 0 atom stereocenters. The van der Waals surface area contributed by atoms with Crippen LogP contribution in [-0.2, 0) is 0 Å². The van der Waals surface area contributed by atoms with Gasteiger partial charge < -0.3 is 0 Å². The molecular formula is C15H11NS. The third-order valence-electron chi connectivity index (χ3n) is 2.69. The van der Waals surface area contributed by atoms with E-state index < -0.39 is 0 Å². The van der Waals surface area contributed by atoms with Crippen molar-refractivity contribution in [3.8, 4) is 11.1 Å². The van der Waals surface area contributed by atoms with Gasteiger partial charge in [0, 0.05) is 0 Å². The summed E-state index contributed by atoms with van der Waals surface area (Å²) in [5.74, 6) is 0. The molecule has 0 aliphatic heterocycles. The number of rotatable bonds is 2. The van der Waals surface area contributed by atoms with Gasteiger partial charge in [-0.05, 0) is 29.3 Å². The van der Waals surface area contributed by atoms with Crippen LogP contribution < -0.4 is 0 Å². The predicted molar refractivity (Wildman–Crippen MR) is 75.1 cm³/mol. The van der Waals surface area contributed by atoms with Gasteiger partial charge in [0.05, 0.1) is 10.2 Å². The average Bonchev–Trinajstić information content (AvgIpc) is 2.81. The fourth-order valence-electron chi connectivity index (χ4n) is 1.84. The van der Waals surface area contributed by atoms with Gasteiger partial charge in [-0.2, -0.15) is 0 Å². The fourth-order valence-corrected chi connectivity index (χ4v) is 2.64. The zero-order valence-corrected chi connectivity index (χ0v) is 10.1. The van der Waals surface area contributed by atoms with Crippen LogP contribution >= 0.6 is 11.3 Å². The maximum atomic E-state index is 4.52. The quantitative estimate of drug-likeness (QED) is 0.634. The van der Waals surface area contributed by atoms with E-state index in [2.05, 4.69) is 54.0 Å². The number of nitrogens with zero attached hydrogens (tertiary/aromatic N) is 1. The molecule has 0 N–H and O–H groups in total. The first kappa shape index (κ1) is 10.2. The van der Waals surface area contributed by atoms with Gasteiger partial charge in [0.2, 0.25) is 0 Å². The lowest BCUT2D eigenvalue weighted by molar-refractivity contribution is 1.46. The SMILES string of the molecule is C=Cc1nc2cc(-c3ccccc3)ccc2s1. The molecule has 0 fully saturated rings. The molecular weight excluding hydrogens is 226 g/mol. The second-order valence-electron chi connectivity index (χ2n) is 3.80. The van der Waals surface area contributed by atoms with Crippen LogP contribution in [0.1, 0.15) is 5.01 Å². The molecule has 1 nitrogen and oxygen atoms in total. The van der Waals surface area contributed by atoms with Gasteiger partial charge in [-0.1, -0.05) is 43.0 Å². The summed E-state index contributed by atoms with van der Waals surface area (Å²) in [6, 6.07) is 16.8. The maximum absolute atomic E-state index is 4.52. The van der Waals surface area contributed by atoms with Gasteiger partial charge in [-0.15, -0.1) is 11.3 Å². The molecule has 82 valence electrons. The van der Waals surface area contributed by atoms with Crippen molar-refractivity contribution in [1.29, 1.82) is 0 Å². The molecule has 3 aromatic rings. The first-order valence-electron chi connectivity index (χ1n) is 5.45. The van der Waals surface area contributed by atoms with E-state index >= 15 is 0 Å². The largest absolute Gasteiger partial charge is 0.237 e. The summed E-state index contributed by atoms with van der Waals surface area (Å²) in [5.41, 5.74) is 3.48. The zero-order valence-electron chi connectivity index (χ0n) is 9.26. The standard InChI is InChI=1S/C15H11NS/c1-2-15-16-13-10-12(8-9-14(13)17-15)11-6-4-3-5-7-11/h2-10H,1H2. The van der Waals surface area contributed by atoms with E-state index in [1.54, 1.807) is 17.4 Å². The van der Waals surface area contributed by atoms with Gasteiger partial charge in [-0.3, -0.25) is 0 Å². The maximum Gasteiger partial charge on any atom is 0.116 e. The summed E-state index contributed by atoms with van der Waals surface area (Å²) in [6.07, 6.45) is 1.80. The van der Waals surface area contributed by atoms with Crippen molar-refractivity contribution >= 4 is 27.6 Å². The molecule has 0 bridgehead atoms. The summed E-state index contributed by atoms with van der Waals surface area (Å²) in [6.45, 7) is 3.75. The average molecular weight is 237 g/mol. The van der Waals surface area contributed by atoms with Gasteiger partial charge in [0.25, 0.3) is 0 Å². The molecule has 17 heavy (non-hydrogen) atoms. The van der Waals surface area contributed by atoms with Crippen LogP contribution in [0.25, 0.3) is 27.4 Å². The van der Waals surface area contributed by atoms with E-state index in [1.165, 1.54) is 15.8 Å². The lowest BCUT2D eigenvalue weighted by atomic mass is 10.1. The van der Waals surface area contributed by atoms with Crippen molar-refractivity contribution in [1.82, 2.24) is 4.98 Å². The van der Waals surface area contributed by atoms with Crippen molar-refractivity contribution in [2.75, 3.05) is 0 Å². The Morgan fingerprint density at radius 2 is 1.82 bits per heavy atom. The monoisotopic (exact) mass is 237 g/mol. The van der Waals surface area contributed by atoms with Crippen LogP contribution in [0.3, 0.4) is 0 Å². The lowest BCUT2D eigenvalue weighted by Crippen LogP contribution is -1.77. The highest BCUT2D eigenvalue weighted by atomic mass is 32.1. The smallest absolute Gasteiger partial charge is 0.116 e. The third kappa shape index (κ3) is 1.87. The molecule has 0 saturated heterocycles. The Morgan fingerprint density at radius 1 is 1.00 bits per heavy atom. The number of aromatic nitrogens is 1. The number of benzene rings is 2. The molecule has 2 aromatic carbocycles. The van der Waals surface area contributed by atoms with Gasteiger partial charge in [0.1, 0.15) is 5.01 Å². The Labute approximate surface area is 104 Å². The normalized spacial score (nSPS) is 10.6. The summed E-state index contributed by atoms with van der Waals surface area (Å²) in [7, 11) is 0.